The van der Waals surface area contributed by atoms with Crippen molar-refractivity contribution in [2.75, 3.05) is 44.2 Å². The predicted molar refractivity (Wildman–Crippen MR) is 121 cm³/mol. The summed E-state index contributed by atoms with van der Waals surface area (Å²) >= 11 is 0. The van der Waals surface area contributed by atoms with Gasteiger partial charge in [0.2, 0.25) is 5.91 Å². The highest BCUT2D eigenvalue weighted by Gasteiger charge is 2.63. The van der Waals surface area contributed by atoms with Gasteiger partial charge in [-0.2, -0.15) is 0 Å². The van der Waals surface area contributed by atoms with Gasteiger partial charge in [0.15, 0.2) is 0 Å². The number of rotatable bonds is 6. The molecule has 1 aromatic rings. The molecule has 1 amide bonds. The Hall–Kier alpha value is -1.96. The van der Waals surface area contributed by atoms with Crippen LogP contribution in [0.3, 0.4) is 0 Å². The average molecular weight is 461 g/mol. The van der Waals surface area contributed by atoms with Crippen molar-refractivity contribution < 1.29 is 18.3 Å². The normalized spacial score (nSPS) is 34.6. The monoisotopic (exact) mass is 460 g/mol. The SMILES string of the molecule is O=C(N[C@H]1CC12CCC(CCN1CCN(c3nccc4c3CCO4)CC1)CC2)C1CC1(F)F. The lowest BCUT2D eigenvalue weighted by atomic mass is 9.78. The second kappa shape index (κ2) is 8.07. The van der Waals surface area contributed by atoms with E-state index in [1.807, 2.05) is 12.3 Å². The zero-order valence-corrected chi connectivity index (χ0v) is 19.2. The minimum absolute atomic E-state index is 0.133. The van der Waals surface area contributed by atoms with Gasteiger partial charge in [0.1, 0.15) is 17.5 Å². The van der Waals surface area contributed by atoms with Gasteiger partial charge in [0.25, 0.3) is 5.92 Å². The highest BCUT2D eigenvalue weighted by Crippen LogP contribution is 2.58. The lowest BCUT2D eigenvalue weighted by Crippen LogP contribution is -2.47. The van der Waals surface area contributed by atoms with Crippen molar-refractivity contribution in [1.29, 1.82) is 0 Å². The van der Waals surface area contributed by atoms with Crippen LogP contribution in [0.15, 0.2) is 12.3 Å². The Labute approximate surface area is 194 Å². The molecule has 0 bridgehead atoms. The molecule has 1 spiro atoms. The Kier molecular flexibility index (Phi) is 5.27. The first-order chi connectivity index (χ1) is 15.9. The molecular formula is C25H34F2N4O2. The first-order valence-corrected chi connectivity index (χ1v) is 12.7. The number of amides is 1. The van der Waals surface area contributed by atoms with Gasteiger partial charge >= 0.3 is 0 Å². The number of carbonyl (C=O) groups is 1. The van der Waals surface area contributed by atoms with Crippen LogP contribution in [0, 0.1) is 17.3 Å². The second-order valence-electron chi connectivity index (χ2n) is 10.9. The Morgan fingerprint density at radius 3 is 2.67 bits per heavy atom. The third-order valence-electron chi connectivity index (χ3n) is 8.87. The summed E-state index contributed by atoms with van der Waals surface area (Å²) in [7, 11) is 0. The second-order valence-corrected chi connectivity index (χ2v) is 10.9. The Balaban J connectivity index is 0.914. The van der Waals surface area contributed by atoms with Crippen LogP contribution in [0.25, 0.3) is 0 Å². The third kappa shape index (κ3) is 4.19. The molecule has 0 radical (unpaired) electrons. The van der Waals surface area contributed by atoms with Crippen molar-refractivity contribution in [2.24, 2.45) is 17.3 Å². The topological polar surface area (TPSA) is 57.7 Å². The third-order valence-corrected chi connectivity index (χ3v) is 8.87. The predicted octanol–water partition coefficient (Wildman–Crippen LogP) is 3.25. The van der Waals surface area contributed by atoms with Gasteiger partial charge in [-0.3, -0.25) is 9.69 Å². The van der Waals surface area contributed by atoms with Crippen molar-refractivity contribution in [3.05, 3.63) is 17.8 Å². The fourth-order valence-electron chi connectivity index (χ4n) is 6.33. The van der Waals surface area contributed by atoms with E-state index in [2.05, 4.69) is 20.1 Å². The number of carbonyl (C=O) groups excluding carboxylic acids is 1. The number of alkyl halides is 2. The summed E-state index contributed by atoms with van der Waals surface area (Å²) in [5.74, 6) is -1.40. The van der Waals surface area contributed by atoms with Crippen molar-refractivity contribution in [2.45, 2.75) is 63.3 Å². The van der Waals surface area contributed by atoms with Gasteiger partial charge in [-0.05, 0) is 62.5 Å². The molecule has 1 N–H and O–H groups in total. The van der Waals surface area contributed by atoms with Gasteiger partial charge in [-0.1, -0.05) is 0 Å². The van der Waals surface area contributed by atoms with Gasteiger partial charge in [0.05, 0.1) is 6.61 Å². The number of anilines is 1. The highest BCUT2D eigenvalue weighted by atomic mass is 19.3. The number of halogens is 2. The molecule has 6 nitrogen and oxygen atoms in total. The van der Waals surface area contributed by atoms with E-state index in [4.69, 9.17) is 4.74 Å². The van der Waals surface area contributed by atoms with E-state index >= 15 is 0 Å². The first-order valence-electron chi connectivity index (χ1n) is 12.7. The van der Waals surface area contributed by atoms with Crippen LogP contribution in [-0.4, -0.2) is 67.1 Å². The quantitative estimate of drug-likeness (QED) is 0.706. The van der Waals surface area contributed by atoms with Crippen LogP contribution in [0.4, 0.5) is 14.6 Å². The summed E-state index contributed by atoms with van der Waals surface area (Å²) in [6.07, 6.45) is 9.42. The van der Waals surface area contributed by atoms with Gasteiger partial charge in [-0.25, -0.2) is 13.8 Å². The summed E-state index contributed by atoms with van der Waals surface area (Å²) < 4.78 is 31.9. The van der Waals surface area contributed by atoms with E-state index in [1.165, 1.54) is 24.8 Å². The number of aromatic nitrogens is 1. The molecule has 2 aliphatic heterocycles. The maximum Gasteiger partial charge on any atom is 0.260 e. The van der Waals surface area contributed by atoms with Crippen LogP contribution in [0.5, 0.6) is 5.75 Å². The maximum atomic E-state index is 13.1. The van der Waals surface area contributed by atoms with Gasteiger partial charge in [-0.15, -0.1) is 0 Å². The molecule has 8 heteroatoms. The molecule has 180 valence electrons. The molecule has 3 saturated carbocycles. The molecule has 4 fully saturated rings. The molecule has 2 atom stereocenters. The molecule has 3 aliphatic carbocycles. The molecule has 1 unspecified atom stereocenters. The van der Waals surface area contributed by atoms with Crippen LogP contribution in [0.2, 0.25) is 0 Å². The Morgan fingerprint density at radius 1 is 1.18 bits per heavy atom. The summed E-state index contributed by atoms with van der Waals surface area (Å²) in [6.45, 7) is 6.08. The summed E-state index contributed by atoms with van der Waals surface area (Å²) in [5.41, 5.74) is 1.47. The molecule has 6 rings (SSSR count). The summed E-state index contributed by atoms with van der Waals surface area (Å²) in [4.78, 5) is 21.6. The number of hydrogen-bond donors (Lipinski definition) is 1. The van der Waals surface area contributed by atoms with Crippen molar-refractivity contribution in [3.8, 4) is 5.75 Å². The fraction of sp³-hybridized carbons (Fsp3) is 0.760. The molecule has 33 heavy (non-hydrogen) atoms. The molecule has 1 saturated heterocycles. The minimum Gasteiger partial charge on any atom is -0.493 e. The number of pyridine rings is 1. The average Bonchev–Trinajstić information content (AvgIpc) is 3.57. The van der Waals surface area contributed by atoms with E-state index < -0.39 is 17.7 Å². The lowest BCUT2D eigenvalue weighted by Gasteiger charge is -2.37. The summed E-state index contributed by atoms with van der Waals surface area (Å²) in [6, 6.07) is 2.11. The molecular weight excluding hydrogens is 426 g/mol. The standard InChI is InChI=1S/C25H34F2N4O2/c26-25(27)15-19(25)23(32)29-21-16-24(21)6-1-17(2-7-24)4-9-30-10-12-31(13-11-30)22-18-5-14-33-20(18)3-8-28-22/h3,8,17,19,21H,1-2,4-7,9-16H2,(H,29,32)/t17?,19?,21-,24?/m0/s1. The van der Waals surface area contributed by atoms with E-state index in [0.717, 1.165) is 82.5 Å². The van der Waals surface area contributed by atoms with Crippen LogP contribution in [-0.2, 0) is 11.2 Å². The van der Waals surface area contributed by atoms with Crippen molar-refractivity contribution in [1.82, 2.24) is 15.2 Å². The molecule has 0 aromatic carbocycles. The fourth-order valence-corrected chi connectivity index (χ4v) is 6.33. The van der Waals surface area contributed by atoms with Crippen LogP contribution < -0.4 is 15.0 Å². The van der Waals surface area contributed by atoms with E-state index in [9.17, 15) is 13.6 Å². The summed E-state index contributed by atoms with van der Waals surface area (Å²) in [5, 5.41) is 2.92. The number of fused-ring (bicyclic) bond motifs is 1. The van der Waals surface area contributed by atoms with Crippen molar-refractivity contribution in [3.63, 3.8) is 0 Å². The zero-order chi connectivity index (χ0) is 22.6. The van der Waals surface area contributed by atoms with E-state index in [1.54, 1.807) is 0 Å². The smallest absolute Gasteiger partial charge is 0.260 e. The van der Waals surface area contributed by atoms with Gasteiger partial charge in [0, 0.05) is 56.8 Å². The first kappa shape index (κ1) is 21.6. The van der Waals surface area contributed by atoms with Crippen LogP contribution in [0.1, 0.15) is 50.5 Å². The molecule has 3 heterocycles. The number of nitrogens with zero attached hydrogens (tertiary/aromatic N) is 3. The number of piperazine rings is 1. The maximum absolute atomic E-state index is 13.1. The van der Waals surface area contributed by atoms with Gasteiger partial charge < -0.3 is 15.0 Å². The largest absolute Gasteiger partial charge is 0.493 e. The van der Waals surface area contributed by atoms with Crippen LogP contribution >= 0.6 is 0 Å². The number of hydrogen-bond acceptors (Lipinski definition) is 5. The van der Waals surface area contributed by atoms with Crippen molar-refractivity contribution >= 4 is 11.7 Å². The Morgan fingerprint density at radius 2 is 1.94 bits per heavy atom. The molecule has 5 aliphatic rings. The minimum atomic E-state index is -2.76. The number of ether oxygens (including phenoxy) is 1. The number of nitrogens with one attached hydrogen (secondary N) is 1. The zero-order valence-electron chi connectivity index (χ0n) is 19.2. The van der Waals surface area contributed by atoms with E-state index in [-0.39, 0.29) is 17.9 Å². The highest BCUT2D eigenvalue weighted by molar-refractivity contribution is 5.83. The van der Waals surface area contributed by atoms with E-state index in [0.29, 0.717) is 0 Å². The lowest BCUT2D eigenvalue weighted by molar-refractivity contribution is -0.124. The Bertz CT molecular complexity index is 910. The molecule has 1 aromatic heterocycles.